The van der Waals surface area contributed by atoms with Gasteiger partial charge in [0.15, 0.2) is 0 Å². The minimum Gasteiger partial charge on any atom is -0.497 e. The standard InChI is InChI=1S/C31H28FN5O3/c1-21-15-16-24(18-26(21)32)37(29(38)20-36-28-14-7-6-13-27(28)34-35-36)30(23-11-8-12-25(17-23)40-2)31(39)33-19-22-9-4-3-5-10-22/h3-18,30H,19-20H2,1-2H3,(H,33,39)/t30-/m1/s1. The highest BCUT2D eigenvalue weighted by atomic mass is 19.1. The van der Waals surface area contributed by atoms with Crippen LogP contribution in [0.15, 0.2) is 97.1 Å². The van der Waals surface area contributed by atoms with Crippen molar-refractivity contribution < 1.29 is 18.7 Å². The first-order valence-corrected chi connectivity index (χ1v) is 12.8. The summed E-state index contributed by atoms with van der Waals surface area (Å²) in [6.45, 7) is 1.67. The lowest BCUT2D eigenvalue weighted by Gasteiger charge is -2.32. The monoisotopic (exact) mass is 537 g/mol. The van der Waals surface area contributed by atoms with E-state index in [9.17, 15) is 14.0 Å². The molecular formula is C31H28FN5O3. The molecule has 0 spiro atoms. The third kappa shape index (κ3) is 5.68. The Bertz CT molecular complexity index is 1650. The Hall–Kier alpha value is -5.05. The SMILES string of the molecule is COc1cccc([C@H](C(=O)NCc2ccccc2)N(C(=O)Cn2nnc3ccccc32)c2ccc(C)c(F)c2)c1. The Balaban J connectivity index is 1.59. The first-order chi connectivity index (χ1) is 19.4. The zero-order valence-electron chi connectivity index (χ0n) is 22.1. The fourth-order valence-corrected chi connectivity index (χ4v) is 4.52. The lowest BCUT2D eigenvalue weighted by Crippen LogP contribution is -2.45. The molecule has 0 aliphatic heterocycles. The molecule has 40 heavy (non-hydrogen) atoms. The van der Waals surface area contributed by atoms with Gasteiger partial charge in [-0.05, 0) is 60.0 Å². The van der Waals surface area contributed by atoms with E-state index in [0.717, 1.165) is 5.56 Å². The van der Waals surface area contributed by atoms with Crippen molar-refractivity contribution in [1.29, 1.82) is 0 Å². The molecule has 1 atom stereocenters. The van der Waals surface area contributed by atoms with E-state index in [4.69, 9.17) is 4.74 Å². The van der Waals surface area contributed by atoms with E-state index < -0.39 is 23.7 Å². The van der Waals surface area contributed by atoms with Crippen LogP contribution in [0.3, 0.4) is 0 Å². The van der Waals surface area contributed by atoms with Gasteiger partial charge in [0, 0.05) is 12.2 Å². The van der Waals surface area contributed by atoms with E-state index in [2.05, 4.69) is 15.6 Å². The molecule has 1 aromatic heterocycles. The highest BCUT2D eigenvalue weighted by Gasteiger charge is 2.34. The van der Waals surface area contributed by atoms with Crippen LogP contribution in [0.25, 0.3) is 11.0 Å². The minimum atomic E-state index is -1.14. The van der Waals surface area contributed by atoms with Crippen molar-refractivity contribution in [2.24, 2.45) is 0 Å². The molecule has 5 aromatic rings. The van der Waals surface area contributed by atoms with Crippen LogP contribution in [0.1, 0.15) is 22.7 Å². The van der Waals surface area contributed by atoms with Crippen molar-refractivity contribution in [3.05, 3.63) is 120 Å². The summed E-state index contributed by atoms with van der Waals surface area (Å²) >= 11 is 0. The molecule has 2 amide bonds. The first-order valence-electron chi connectivity index (χ1n) is 12.8. The fourth-order valence-electron chi connectivity index (χ4n) is 4.52. The van der Waals surface area contributed by atoms with Gasteiger partial charge >= 0.3 is 0 Å². The molecule has 4 aromatic carbocycles. The van der Waals surface area contributed by atoms with Crippen molar-refractivity contribution in [2.75, 3.05) is 12.0 Å². The summed E-state index contributed by atoms with van der Waals surface area (Å²) in [5.74, 6) is -0.879. The molecule has 8 nitrogen and oxygen atoms in total. The van der Waals surface area contributed by atoms with Gasteiger partial charge in [0.1, 0.15) is 29.7 Å². The van der Waals surface area contributed by atoms with Gasteiger partial charge in [-0.15, -0.1) is 5.10 Å². The highest BCUT2D eigenvalue weighted by molar-refractivity contribution is 6.01. The average molecular weight is 538 g/mol. The molecule has 1 heterocycles. The number of hydrogen-bond acceptors (Lipinski definition) is 5. The number of aryl methyl sites for hydroxylation is 1. The summed E-state index contributed by atoms with van der Waals surface area (Å²) in [4.78, 5) is 29.3. The maximum absolute atomic E-state index is 14.9. The van der Waals surface area contributed by atoms with E-state index >= 15 is 0 Å². The van der Waals surface area contributed by atoms with Gasteiger partial charge in [-0.2, -0.15) is 0 Å². The Kier molecular flexibility index (Phi) is 7.82. The van der Waals surface area contributed by atoms with Gasteiger partial charge in [-0.1, -0.05) is 65.9 Å². The van der Waals surface area contributed by atoms with Crippen LogP contribution in [-0.2, 0) is 22.7 Å². The Labute approximate surface area is 231 Å². The summed E-state index contributed by atoms with van der Waals surface area (Å²) in [5.41, 5.74) is 3.35. The maximum Gasteiger partial charge on any atom is 0.249 e. The topological polar surface area (TPSA) is 89.4 Å². The number of anilines is 1. The zero-order chi connectivity index (χ0) is 28.1. The third-order valence-electron chi connectivity index (χ3n) is 6.63. The predicted molar refractivity (Wildman–Crippen MR) is 150 cm³/mol. The lowest BCUT2D eigenvalue weighted by molar-refractivity contribution is -0.127. The molecule has 202 valence electrons. The molecule has 0 radical (unpaired) electrons. The quantitative estimate of drug-likeness (QED) is 0.287. The molecule has 9 heteroatoms. The van der Waals surface area contributed by atoms with Crippen LogP contribution < -0.4 is 15.0 Å². The number of fused-ring (bicyclic) bond motifs is 1. The number of amides is 2. The summed E-state index contributed by atoms with van der Waals surface area (Å²) < 4.78 is 21.7. The number of halogens is 1. The number of rotatable bonds is 9. The second-order valence-electron chi connectivity index (χ2n) is 9.32. The summed E-state index contributed by atoms with van der Waals surface area (Å²) in [7, 11) is 1.53. The zero-order valence-corrected chi connectivity index (χ0v) is 22.1. The molecular weight excluding hydrogens is 509 g/mol. The number of para-hydroxylation sites is 1. The normalized spacial score (nSPS) is 11.7. The molecule has 0 bridgehead atoms. The molecule has 0 saturated carbocycles. The number of carbonyl (C=O) groups is 2. The number of nitrogens with one attached hydrogen (secondary N) is 1. The summed E-state index contributed by atoms with van der Waals surface area (Å²) in [6, 6.07) is 27.0. The number of carbonyl (C=O) groups excluding carboxylic acids is 2. The predicted octanol–water partition coefficient (Wildman–Crippen LogP) is 4.98. The second-order valence-corrected chi connectivity index (χ2v) is 9.32. The van der Waals surface area contributed by atoms with Crippen LogP contribution in [-0.4, -0.2) is 33.9 Å². The summed E-state index contributed by atoms with van der Waals surface area (Å²) in [6.07, 6.45) is 0. The van der Waals surface area contributed by atoms with Crippen LogP contribution >= 0.6 is 0 Å². The number of aromatic nitrogens is 3. The van der Waals surface area contributed by atoms with Gasteiger partial charge < -0.3 is 10.1 Å². The largest absolute Gasteiger partial charge is 0.497 e. The molecule has 1 N–H and O–H groups in total. The third-order valence-corrected chi connectivity index (χ3v) is 6.63. The molecule has 0 unspecified atom stereocenters. The van der Waals surface area contributed by atoms with E-state index in [-0.39, 0.29) is 18.8 Å². The lowest BCUT2D eigenvalue weighted by atomic mass is 10.0. The van der Waals surface area contributed by atoms with Crippen molar-refractivity contribution in [1.82, 2.24) is 20.3 Å². The van der Waals surface area contributed by atoms with Crippen LogP contribution in [0.4, 0.5) is 10.1 Å². The van der Waals surface area contributed by atoms with Crippen LogP contribution in [0.2, 0.25) is 0 Å². The molecule has 0 aliphatic carbocycles. The van der Waals surface area contributed by atoms with Gasteiger partial charge in [-0.3, -0.25) is 14.5 Å². The van der Waals surface area contributed by atoms with Crippen molar-refractivity contribution in [3.8, 4) is 5.75 Å². The number of nitrogens with zero attached hydrogens (tertiary/aromatic N) is 4. The van der Waals surface area contributed by atoms with Crippen LogP contribution in [0.5, 0.6) is 5.75 Å². The van der Waals surface area contributed by atoms with E-state index in [1.807, 2.05) is 48.5 Å². The van der Waals surface area contributed by atoms with Gasteiger partial charge in [0.25, 0.3) is 0 Å². The molecule has 0 fully saturated rings. The van der Waals surface area contributed by atoms with Crippen LogP contribution in [0, 0.1) is 12.7 Å². The number of methoxy groups -OCH3 is 1. The van der Waals surface area contributed by atoms with E-state index in [1.165, 1.54) is 22.8 Å². The summed E-state index contributed by atoms with van der Waals surface area (Å²) in [5, 5.41) is 11.2. The molecule has 0 aliphatic rings. The van der Waals surface area contributed by atoms with Crippen molar-refractivity contribution in [2.45, 2.75) is 26.1 Å². The van der Waals surface area contributed by atoms with Gasteiger partial charge in [0.05, 0.1) is 12.6 Å². The van der Waals surface area contributed by atoms with Gasteiger partial charge in [0.2, 0.25) is 11.8 Å². The Morgan fingerprint density at radius 2 is 1.75 bits per heavy atom. The van der Waals surface area contributed by atoms with E-state index in [0.29, 0.717) is 27.9 Å². The smallest absolute Gasteiger partial charge is 0.249 e. The first kappa shape index (κ1) is 26.6. The van der Waals surface area contributed by atoms with Gasteiger partial charge in [-0.25, -0.2) is 9.07 Å². The van der Waals surface area contributed by atoms with E-state index in [1.54, 1.807) is 49.4 Å². The second kappa shape index (κ2) is 11.8. The molecule has 5 rings (SSSR count). The maximum atomic E-state index is 14.9. The minimum absolute atomic E-state index is 0.220. The number of hydrogen-bond donors (Lipinski definition) is 1. The Morgan fingerprint density at radius 1 is 0.975 bits per heavy atom. The highest BCUT2D eigenvalue weighted by Crippen LogP contribution is 2.31. The average Bonchev–Trinajstić information content (AvgIpc) is 3.39. The molecule has 0 saturated heterocycles. The number of ether oxygens (including phenoxy) is 1. The fraction of sp³-hybridized carbons (Fsp3) is 0.161. The number of benzene rings is 4. The Morgan fingerprint density at radius 3 is 2.52 bits per heavy atom. The van der Waals surface area contributed by atoms with Crippen molar-refractivity contribution >= 4 is 28.5 Å². The van der Waals surface area contributed by atoms with Crippen molar-refractivity contribution in [3.63, 3.8) is 0 Å².